The van der Waals surface area contributed by atoms with E-state index in [-0.39, 0.29) is 55.5 Å². The Morgan fingerprint density at radius 1 is 0.658 bits per heavy atom. The second-order valence-electron chi connectivity index (χ2n) is 15.9. The number of aromatic nitrogens is 3. The number of phenols is 2. The van der Waals surface area contributed by atoms with Gasteiger partial charge >= 0.3 is 10.4 Å². The molecular formula is C41H34Cl2N10O20S6. The summed E-state index contributed by atoms with van der Waals surface area (Å²) in [6.07, 6.45) is 0. The Balaban J connectivity index is 1.26. The summed E-state index contributed by atoms with van der Waals surface area (Å²) in [4.78, 5) is 21.6. The zero-order valence-electron chi connectivity index (χ0n) is 39.4. The highest BCUT2D eigenvalue weighted by molar-refractivity contribution is 7.92. The first-order chi connectivity index (χ1) is 36.7. The second kappa shape index (κ2) is 23.0. The smallest absolute Gasteiger partial charge is 0.398 e. The number of carbonyl (C=O) groups excluding carboxylic acids is 1. The average molecular weight is 1250 g/mol. The van der Waals surface area contributed by atoms with Gasteiger partial charge in [-0.3, -0.25) is 27.2 Å². The molecule has 0 saturated carbocycles. The third-order valence-electron chi connectivity index (χ3n) is 10.3. The zero-order valence-corrected chi connectivity index (χ0v) is 45.8. The molecule has 7 aromatic rings. The van der Waals surface area contributed by atoms with Gasteiger partial charge in [0.15, 0.2) is 28.5 Å². The number of sulfone groups is 1. The molecular weight excluding hydrogens is 1220 g/mol. The van der Waals surface area contributed by atoms with Gasteiger partial charge in [-0.05, 0) is 120 Å². The molecule has 0 saturated heterocycles. The van der Waals surface area contributed by atoms with Crippen LogP contribution in [-0.2, 0) is 74.8 Å². The molecule has 418 valence electrons. The van der Waals surface area contributed by atoms with Crippen molar-refractivity contribution in [1.82, 2.24) is 15.0 Å². The number of carbonyl (C=O) groups is 1. The number of aromatic hydroxyl groups is 2. The summed E-state index contributed by atoms with van der Waals surface area (Å²) < 4.78 is 182. The van der Waals surface area contributed by atoms with Gasteiger partial charge in [-0.1, -0.05) is 17.7 Å². The van der Waals surface area contributed by atoms with Gasteiger partial charge in [-0.2, -0.15) is 53.7 Å². The fourth-order valence-electron chi connectivity index (χ4n) is 7.13. The third-order valence-corrected chi connectivity index (χ3v) is 16.2. The van der Waals surface area contributed by atoms with Crippen molar-refractivity contribution < 1.29 is 87.9 Å². The van der Waals surface area contributed by atoms with E-state index >= 15 is 0 Å². The zero-order chi connectivity index (χ0) is 58.2. The molecule has 7 rings (SSSR count). The van der Waals surface area contributed by atoms with Crippen LogP contribution in [0.15, 0.2) is 119 Å². The molecule has 0 aliphatic carbocycles. The maximum atomic E-state index is 12.7. The molecule has 0 spiro atoms. The van der Waals surface area contributed by atoms with E-state index in [1.165, 1.54) is 25.1 Å². The lowest BCUT2D eigenvalue weighted by atomic mass is 10.0. The van der Waals surface area contributed by atoms with Crippen molar-refractivity contribution in [2.75, 3.05) is 33.7 Å². The Morgan fingerprint density at radius 3 is 1.82 bits per heavy atom. The fourth-order valence-corrected chi connectivity index (χ4v) is 11.6. The fraction of sp³-hybridized carbons (Fsp3) is 0.122. The quantitative estimate of drug-likeness (QED) is 0.0205. The van der Waals surface area contributed by atoms with Gasteiger partial charge in [0.25, 0.3) is 30.4 Å². The molecule has 9 N–H and O–H groups in total. The molecule has 0 radical (unpaired) electrons. The third kappa shape index (κ3) is 14.6. The number of nitrogens with zero attached hydrogens (tertiary/aromatic N) is 7. The first kappa shape index (κ1) is 59.6. The molecule has 38 heteroatoms. The van der Waals surface area contributed by atoms with Crippen LogP contribution in [0.1, 0.15) is 11.1 Å². The SMILES string of the molecule is Cc1cc(Nc2nc(Cl)nc(Nc3cc(S(=O)(=O)O)cc4cc(C)c(N=Nc5ccc(NC(=O)CS(=O)OCCl)cc5S(=O)(=O)O)c(O)c34)n2)c2c(O)c(N=Nc3ccc(S(=O)(=O)COS(=O)(=O)O)cc3)c(S(=O)(=O)O)cc2c1. The number of alkyl halides is 1. The topological polar surface area (TPSA) is 469 Å². The van der Waals surface area contributed by atoms with Crippen molar-refractivity contribution in [3.05, 3.63) is 95.3 Å². The van der Waals surface area contributed by atoms with Gasteiger partial charge in [-0.25, -0.2) is 16.8 Å². The summed E-state index contributed by atoms with van der Waals surface area (Å²) in [5, 5.41) is 45.7. The van der Waals surface area contributed by atoms with Crippen molar-refractivity contribution in [3.63, 3.8) is 0 Å². The van der Waals surface area contributed by atoms with Crippen LogP contribution in [0.3, 0.4) is 0 Å². The number of halogens is 2. The van der Waals surface area contributed by atoms with Crippen LogP contribution in [0.25, 0.3) is 21.5 Å². The summed E-state index contributed by atoms with van der Waals surface area (Å²) in [7, 11) is -24.8. The molecule has 6 aromatic carbocycles. The number of anilines is 5. The van der Waals surface area contributed by atoms with E-state index in [0.29, 0.717) is 5.56 Å². The minimum Gasteiger partial charge on any atom is -0.505 e. The van der Waals surface area contributed by atoms with E-state index in [9.17, 15) is 75.0 Å². The Labute approximate surface area is 458 Å². The monoisotopic (exact) mass is 1250 g/mol. The largest absolute Gasteiger partial charge is 0.505 e. The Bertz CT molecular complexity index is 4350. The van der Waals surface area contributed by atoms with E-state index in [4.69, 9.17) is 27.8 Å². The molecule has 1 heterocycles. The van der Waals surface area contributed by atoms with Crippen LogP contribution in [0.2, 0.25) is 5.28 Å². The summed E-state index contributed by atoms with van der Waals surface area (Å²) in [6.45, 7) is 2.95. The van der Waals surface area contributed by atoms with Crippen LogP contribution in [-0.4, -0.2) is 113 Å². The van der Waals surface area contributed by atoms with Crippen molar-refractivity contribution in [1.29, 1.82) is 0 Å². The first-order valence-corrected chi connectivity index (χ1v) is 30.5. The molecule has 1 aromatic heterocycles. The number of hydrogen-bond donors (Lipinski definition) is 9. The van der Waals surface area contributed by atoms with Gasteiger partial charge in [0, 0.05) is 16.5 Å². The highest BCUT2D eigenvalue weighted by Gasteiger charge is 2.26. The lowest BCUT2D eigenvalue weighted by Gasteiger charge is -2.16. The molecule has 79 heavy (non-hydrogen) atoms. The van der Waals surface area contributed by atoms with Crippen LogP contribution in [0.5, 0.6) is 11.5 Å². The van der Waals surface area contributed by atoms with Gasteiger partial charge in [0.1, 0.15) is 38.7 Å². The van der Waals surface area contributed by atoms with Crippen molar-refractivity contribution >= 4 is 164 Å². The number of amides is 1. The number of rotatable bonds is 20. The van der Waals surface area contributed by atoms with Crippen LogP contribution in [0, 0.1) is 13.8 Å². The van der Waals surface area contributed by atoms with Gasteiger partial charge < -0.3 is 26.2 Å². The second-order valence-corrected chi connectivity index (χ2v) is 24.9. The minimum absolute atomic E-state index is 0.0288. The average Bonchev–Trinajstić information content (AvgIpc) is 3.41. The normalized spacial score (nSPS) is 13.1. The Hall–Kier alpha value is -7.04. The van der Waals surface area contributed by atoms with Crippen LogP contribution in [0.4, 0.5) is 51.7 Å². The van der Waals surface area contributed by atoms with E-state index < -0.39 is 145 Å². The number of nitrogens with one attached hydrogen (secondary N) is 3. The summed E-state index contributed by atoms with van der Waals surface area (Å²) in [5.41, 5.74) is -2.00. The van der Waals surface area contributed by atoms with Crippen molar-refractivity contribution in [2.24, 2.45) is 20.5 Å². The molecule has 0 aliphatic heterocycles. The lowest BCUT2D eigenvalue weighted by molar-refractivity contribution is -0.113. The molecule has 1 atom stereocenters. The number of fused-ring (bicyclic) bond motifs is 2. The molecule has 30 nitrogen and oxygen atoms in total. The van der Waals surface area contributed by atoms with Crippen LogP contribution < -0.4 is 16.0 Å². The predicted molar refractivity (Wildman–Crippen MR) is 281 cm³/mol. The Morgan fingerprint density at radius 2 is 1.24 bits per heavy atom. The number of aryl methyl sites for hydroxylation is 2. The van der Waals surface area contributed by atoms with E-state index in [1.54, 1.807) is 6.92 Å². The molecule has 0 fully saturated rings. The summed E-state index contributed by atoms with van der Waals surface area (Å²) in [6, 6.07) is 13.4. The summed E-state index contributed by atoms with van der Waals surface area (Å²) in [5.74, 6) is -5.60. The molecule has 1 amide bonds. The Kier molecular flexibility index (Phi) is 17.3. The first-order valence-electron chi connectivity index (χ1n) is 21.0. The van der Waals surface area contributed by atoms with Gasteiger partial charge in [0.2, 0.25) is 32.9 Å². The van der Waals surface area contributed by atoms with E-state index in [1.807, 2.05) is 0 Å². The minimum atomic E-state index is -5.18. The van der Waals surface area contributed by atoms with Gasteiger partial charge in [0.05, 0.1) is 26.9 Å². The number of benzene rings is 6. The maximum Gasteiger partial charge on any atom is 0.398 e. The highest BCUT2D eigenvalue weighted by Crippen LogP contribution is 2.47. The number of phenolic OH excluding ortho intramolecular Hbond substituents is 2. The standard InChI is InChI=1S/C41H34Cl2N10O20S6/c1-19-9-21-13-31(78(66,67)68)36(53-50-23-3-6-25(7-4-23)75(58,59)18-73-79(69,70)71)38(56)33(21)28(10-19)45-40-47-39(43)48-41(49-40)46-29-15-26(76(60,61)62)12-22-11-20(2)35(37(55)34(22)29)52-51-27-8-5-24(14-30(27)77(63,64)65)44-32(54)16-74(57)72-17-42/h3-15,55-56H,16-18H2,1-2H3,(H,44,54)(H,60,61,62)(H,63,64,65)(H,66,67,68)(H,69,70,71)(H2,45,46,47,48,49). The van der Waals surface area contributed by atoms with E-state index in [2.05, 4.69) is 59.7 Å². The lowest BCUT2D eigenvalue weighted by Crippen LogP contribution is -2.20. The number of hydrogen-bond acceptors (Lipinski definition) is 25. The molecule has 0 bridgehead atoms. The molecule has 1 unspecified atom stereocenters. The number of azo groups is 2. The van der Waals surface area contributed by atoms with E-state index in [0.717, 1.165) is 60.7 Å². The van der Waals surface area contributed by atoms with Crippen LogP contribution >= 0.6 is 23.2 Å². The molecule has 0 aliphatic rings. The predicted octanol–water partition coefficient (Wildman–Crippen LogP) is 7.28. The van der Waals surface area contributed by atoms with Crippen molar-refractivity contribution in [2.45, 2.75) is 33.4 Å². The maximum absolute atomic E-state index is 12.7. The summed E-state index contributed by atoms with van der Waals surface area (Å²) >= 11 is 9.55. The van der Waals surface area contributed by atoms with Gasteiger partial charge in [-0.15, -0.1) is 15.3 Å². The van der Waals surface area contributed by atoms with Crippen molar-refractivity contribution in [3.8, 4) is 11.5 Å². The highest BCUT2D eigenvalue weighted by atomic mass is 35.5.